The number of anilines is 1. The van der Waals surface area contributed by atoms with E-state index < -0.39 is 0 Å². The molecule has 0 spiro atoms. The van der Waals surface area contributed by atoms with Crippen LogP contribution in [-0.2, 0) is 11.2 Å². The van der Waals surface area contributed by atoms with Crippen LogP contribution in [0, 0.1) is 5.92 Å². The van der Waals surface area contributed by atoms with Crippen molar-refractivity contribution < 1.29 is 9.59 Å². The van der Waals surface area contributed by atoms with E-state index in [2.05, 4.69) is 10.6 Å². The summed E-state index contributed by atoms with van der Waals surface area (Å²) >= 11 is 0. The topological polar surface area (TPSA) is 84.2 Å². The Hall–Kier alpha value is -1.88. The number of nitrogens with one attached hydrogen (secondary N) is 2. The fraction of sp³-hybridized carbons (Fsp3) is 0.500. The van der Waals surface area contributed by atoms with Crippen LogP contribution in [0.5, 0.6) is 0 Å². The summed E-state index contributed by atoms with van der Waals surface area (Å²) in [6.07, 6.45) is 5.12. The summed E-state index contributed by atoms with van der Waals surface area (Å²) in [5.74, 6) is 0.364. The third-order valence-corrected chi connectivity index (χ3v) is 4.54. The van der Waals surface area contributed by atoms with E-state index in [0.29, 0.717) is 24.4 Å². The van der Waals surface area contributed by atoms with Gasteiger partial charge in [0.05, 0.1) is 6.42 Å². The number of nitrogens with two attached hydrogens (primary N) is 1. The van der Waals surface area contributed by atoms with Crippen LogP contribution in [0.25, 0.3) is 0 Å². The predicted molar refractivity (Wildman–Crippen MR) is 81.0 cm³/mol. The Morgan fingerprint density at radius 3 is 2.86 bits per heavy atom. The molecular formula is C16H21N3O2. The molecule has 0 saturated heterocycles. The molecule has 21 heavy (non-hydrogen) atoms. The number of hydrogen-bond acceptors (Lipinski definition) is 3. The van der Waals surface area contributed by atoms with Crippen molar-refractivity contribution in [3.8, 4) is 0 Å². The minimum Gasteiger partial charge on any atom is -0.348 e. The number of hydrogen-bond donors (Lipinski definition) is 3. The van der Waals surface area contributed by atoms with Gasteiger partial charge in [0, 0.05) is 23.8 Å². The van der Waals surface area contributed by atoms with Crippen LogP contribution in [-0.4, -0.2) is 24.4 Å². The molecule has 1 aliphatic carbocycles. The first-order valence-electron chi connectivity index (χ1n) is 7.61. The van der Waals surface area contributed by atoms with E-state index in [4.69, 9.17) is 5.73 Å². The molecular weight excluding hydrogens is 266 g/mol. The van der Waals surface area contributed by atoms with E-state index in [0.717, 1.165) is 24.1 Å². The Balaban J connectivity index is 1.70. The zero-order valence-electron chi connectivity index (χ0n) is 12.0. The molecule has 4 N–H and O–H groups in total. The lowest BCUT2D eigenvalue weighted by Crippen LogP contribution is -2.44. The van der Waals surface area contributed by atoms with Gasteiger partial charge in [-0.1, -0.05) is 18.9 Å². The van der Waals surface area contributed by atoms with Gasteiger partial charge in [0.15, 0.2) is 0 Å². The van der Waals surface area contributed by atoms with E-state index in [1.54, 1.807) is 12.1 Å². The van der Waals surface area contributed by atoms with Crippen LogP contribution in [0.2, 0.25) is 0 Å². The van der Waals surface area contributed by atoms with Crippen molar-refractivity contribution in [2.45, 2.75) is 38.1 Å². The minimum atomic E-state index is -0.110. The normalized spacial score (nSPS) is 19.2. The summed E-state index contributed by atoms with van der Waals surface area (Å²) < 4.78 is 0. The third kappa shape index (κ3) is 2.93. The lowest BCUT2D eigenvalue weighted by Gasteiger charge is -2.23. The van der Waals surface area contributed by atoms with Gasteiger partial charge in [-0.25, -0.2) is 0 Å². The highest BCUT2D eigenvalue weighted by Crippen LogP contribution is 2.28. The number of fused-ring (bicyclic) bond motifs is 1. The van der Waals surface area contributed by atoms with E-state index in [1.165, 1.54) is 12.8 Å². The van der Waals surface area contributed by atoms with E-state index in [-0.39, 0.29) is 17.9 Å². The van der Waals surface area contributed by atoms with E-state index >= 15 is 0 Å². The van der Waals surface area contributed by atoms with Crippen LogP contribution in [0.3, 0.4) is 0 Å². The SMILES string of the molecule is NCC(NC(=O)c1ccc2c(c1)NC(=O)C2)C1CCCC1. The highest BCUT2D eigenvalue weighted by Gasteiger charge is 2.26. The first-order valence-corrected chi connectivity index (χ1v) is 7.61. The Kier molecular flexibility index (Phi) is 3.92. The predicted octanol–water partition coefficient (Wildman–Crippen LogP) is 1.43. The number of rotatable bonds is 4. The second-order valence-corrected chi connectivity index (χ2v) is 5.96. The molecule has 1 aromatic carbocycles. The van der Waals surface area contributed by atoms with Crippen molar-refractivity contribution >= 4 is 17.5 Å². The highest BCUT2D eigenvalue weighted by molar-refractivity contribution is 6.02. The van der Waals surface area contributed by atoms with Crippen molar-refractivity contribution in [3.63, 3.8) is 0 Å². The second-order valence-electron chi connectivity index (χ2n) is 5.96. The average Bonchev–Trinajstić information content (AvgIpc) is 3.11. The smallest absolute Gasteiger partial charge is 0.251 e. The van der Waals surface area contributed by atoms with Gasteiger partial charge >= 0.3 is 0 Å². The molecule has 2 amide bonds. The quantitative estimate of drug-likeness (QED) is 0.783. The van der Waals surface area contributed by atoms with Crippen molar-refractivity contribution in [3.05, 3.63) is 29.3 Å². The van der Waals surface area contributed by atoms with E-state index in [1.807, 2.05) is 6.07 Å². The first-order chi connectivity index (χ1) is 10.2. The molecule has 1 heterocycles. The maximum Gasteiger partial charge on any atom is 0.251 e. The highest BCUT2D eigenvalue weighted by atomic mass is 16.2. The van der Waals surface area contributed by atoms with Gasteiger partial charge < -0.3 is 16.4 Å². The Morgan fingerprint density at radius 1 is 1.38 bits per heavy atom. The summed E-state index contributed by atoms with van der Waals surface area (Å²) in [4.78, 5) is 23.7. The van der Waals surface area contributed by atoms with Crippen molar-refractivity contribution in [2.75, 3.05) is 11.9 Å². The van der Waals surface area contributed by atoms with Gasteiger partial charge in [-0.05, 0) is 36.5 Å². The molecule has 1 atom stereocenters. The van der Waals surface area contributed by atoms with E-state index in [9.17, 15) is 9.59 Å². The zero-order chi connectivity index (χ0) is 14.8. The molecule has 5 heteroatoms. The molecule has 1 unspecified atom stereocenters. The molecule has 0 bridgehead atoms. The standard InChI is InChI=1S/C16H21N3O2/c17-9-14(10-3-1-2-4-10)19-16(21)12-6-5-11-8-15(20)18-13(11)7-12/h5-7,10,14H,1-4,8-9,17H2,(H,18,20)(H,19,21). The summed E-state index contributed by atoms with van der Waals surface area (Å²) in [5.41, 5.74) is 8.09. The number of carbonyl (C=O) groups is 2. The fourth-order valence-electron chi connectivity index (χ4n) is 3.34. The molecule has 0 aromatic heterocycles. The van der Waals surface area contributed by atoms with Gasteiger partial charge in [-0.2, -0.15) is 0 Å². The third-order valence-electron chi connectivity index (χ3n) is 4.54. The van der Waals surface area contributed by atoms with Crippen LogP contribution in [0.1, 0.15) is 41.6 Å². The molecule has 5 nitrogen and oxygen atoms in total. The molecule has 3 rings (SSSR count). The van der Waals surface area contributed by atoms with Gasteiger partial charge in [0.25, 0.3) is 5.91 Å². The van der Waals surface area contributed by atoms with Crippen LogP contribution in [0.15, 0.2) is 18.2 Å². The van der Waals surface area contributed by atoms with Crippen LogP contribution < -0.4 is 16.4 Å². The van der Waals surface area contributed by atoms with Crippen molar-refractivity contribution in [1.82, 2.24) is 5.32 Å². The van der Waals surface area contributed by atoms with Crippen molar-refractivity contribution in [1.29, 1.82) is 0 Å². The van der Waals surface area contributed by atoms with Gasteiger partial charge in [0.2, 0.25) is 5.91 Å². The Labute approximate surface area is 124 Å². The lowest BCUT2D eigenvalue weighted by molar-refractivity contribution is -0.115. The maximum atomic E-state index is 12.4. The lowest BCUT2D eigenvalue weighted by atomic mass is 9.97. The Bertz CT molecular complexity index is 565. The van der Waals surface area contributed by atoms with Gasteiger partial charge in [-0.15, -0.1) is 0 Å². The van der Waals surface area contributed by atoms with Crippen LogP contribution >= 0.6 is 0 Å². The fourth-order valence-corrected chi connectivity index (χ4v) is 3.34. The number of carbonyl (C=O) groups excluding carboxylic acids is 2. The summed E-state index contributed by atoms with van der Waals surface area (Å²) in [7, 11) is 0. The summed E-state index contributed by atoms with van der Waals surface area (Å²) in [5, 5.41) is 5.82. The second kappa shape index (κ2) is 5.85. The minimum absolute atomic E-state index is 0.0200. The molecule has 0 radical (unpaired) electrons. The summed E-state index contributed by atoms with van der Waals surface area (Å²) in [6.45, 7) is 0.470. The molecule has 1 saturated carbocycles. The first kappa shape index (κ1) is 14.1. The summed E-state index contributed by atoms with van der Waals surface area (Å²) in [6, 6.07) is 5.41. The largest absolute Gasteiger partial charge is 0.348 e. The molecule has 1 aliphatic heterocycles. The molecule has 1 aromatic rings. The number of benzene rings is 1. The molecule has 1 fully saturated rings. The van der Waals surface area contributed by atoms with Crippen molar-refractivity contribution in [2.24, 2.45) is 11.7 Å². The molecule has 2 aliphatic rings. The number of amides is 2. The van der Waals surface area contributed by atoms with Crippen LogP contribution in [0.4, 0.5) is 5.69 Å². The van der Waals surface area contributed by atoms with Gasteiger partial charge in [-0.3, -0.25) is 9.59 Å². The monoisotopic (exact) mass is 287 g/mol. The zero-order valence-corrected chi connectivity index (χ0v) is 12.0. The maximum absolute atomic E-state index is 12.4. The average molecular weight is 287 g/mol. The Morgan fingerprint density at radius 2 is 2.14 bits per heavy atom. The van der Waals surface area contributed by atoms with Gasteiger partial charge in [0.1, 0.15) is 0 Å². The molecule has 112 valence electrons.